The van der Waals surface area contributed by atoms with Crippen molar-refractivity contribution in [3.8, 4) is 0 Å². The molecule has 5 nitrogen and oxygen atoms in total. The third-order valence-corrected chi connectivity index (χ3v) is 4.44. The number of rotatable bonds is 4. The summed E-state index contributed by atoms with van der Waals surface area (Å²) in [4.78, 5) is 23.5. The van der Waals surface area contributed by atoms with Gasteiger partial charge in [-0.3, -0.25) is 4.79 Å². The number of carboxylic acid groups (broad SMARTS) is 1. The SMILES string of the molecule is O=C(O)c1cn([C@@H]2C[C@@H]2F)c2cc(NC3CC3F)c(F)cc2c1=O. The van der Waals surface area contributed by atoms with Gasteiger partial charge in [0, 0.05) is 24.4 Å². The summed E-state index contributed by atoms with van der Waals surface area (Å²) < 4.78 is 42.1. The van der Waals surface area contributed by atoms with Gasteiger partial charge in [-0.25, -0.2) is 18.0 Å². The van der Waals surface area contributed by atoms with Crippen molar-refractivity contribution in [1.82, 2.24) is 4.57 Å². The van der Waals surface area contributed by atoms with Crippen LogP contribution in [0.3, 0.4) is 0 Å². The molecule has 2 aromatic rings. The Morgan fingerprint density at radius 2 is 1.92 bits per heavy atom. The molecule has 0 bridgehead atoms. The summed E-state index contributed by atoms with van der Waals surface area (Å²) in [6, 6.07) is 1.17. The largest absolute Gasteiger partial charge is 0.477 e. The summed E-state index contributed by atoms with van der Waals surface area (Å²) in [5.41, 5.74) is -1.12. The van der Waals surface area contributed by atoms with E-state index in [2.05, 4.69) is 5.32 Å². The van der Waals surface area contributed by atoms with E-state index < -0.39 is 47.2 Å². The van der Waals surface area contributed by atoms with E-state index >= 15 is 0 Å². The Kier molecular flexibility index (Phi) is 3.13. The molecule has 4 atom stereocenters. The highest BCUT2D eigenvalue weighted by atomic mass is 19.1. The van der Waals surface area contributed by atoms with Gasteiger partial charge in [-0.2, -0.15) is 0 Å². The molecular weight excluding hydrogens is 325 g/mol. The quantitative estimate of drug-likeness (QED) is 0.899. The van der Waals surface area contributed by atoms with E-state index in [-0.39, 0.29) is 29.4 Å². The summed E-state index contributed by atoms with van der Waals surface area (Å²) in [5, 5.41) is 11.7. The zero-order valence-corrected chi connectivity index (χ0v) is 12.3. The Morgan fingerprint density at radius 3 is 2.46 bits per heavy atom. The molecule has 2 N–H and O–H groups in total. The second kappa shape index (κ2) is 4.99. The molecule has 2 aliphatic rings. The Balaban J connectivity index is 1.92. The molecule has 2 aliphatic carbocycles. The minimum atomic E-state index is -1.45. The second-order valence-corrected chi connectivity index (χ2v) is 6.26. The van der Waals surface area contributed by atoms with Gasteiger partial charge in [0.15, 0.2) is 0 Å². The van der Waals surface area contributed by atoms with Gasteiger partial charge < -0.3 is 15.0 Å². The summed E-state index contributed by atoms with van der Waals surface area (Å²) in [6.07, 6.45) is -0.620. The lowest BCUT2D eigenvalue weighted by molar-refractivity contribution is 0.0694. The number of aromatic nitrogens is 1. The molecule has 24 heavy (non-hydrogen) atoms. The van der Waals surface area contributed by atoms with Gasteiger partial charge in [0.2, 0.25) is 5.43 Å². The first-order valence-corrected chi connectivity index (χ1v) is 7.53. The topological polar surface area (TPSA) is 71.3 Å². The molecule has 8 heteroatoms. The van der Waals surface area contributed by atoms with E-state index in [4.69, 9.17) is 5.11 Å². The first-order valence-electron chi connectivity index (χ1n) is 7.53. The van der Waals surface area contributed by atoms with Gasteiger partial charge in [0.05, 0.1) is 23.3 Å². The molecule has 1 aromatic heterocycles. The van der Waals surface area contributed by atoms with Crippen molar-refractivity contribution < 1.29 is 23.1 Å². The molecule has 1 aromatic carbocycles. The number of nitrogens with zero attached hydrogens (tertiary/aromatic N) is 1. The third kappa shape index (κ3) is 2.33. The average molecular weight is 338 g/mol. The van der Waals surface area contributed by atoms with Gasteiger partial charge in [0.1, 0.15) is 23.7 Å². The molecule has 2 unspecified atom stereocenters. The van der Waals surface area contributed by atoms with E-state index in [1.54, 1.807) is 0 Å². The van der Waals surface area contributed by atoms with Crippen LogP contribution in [-0.2, 0) is 0 Å². The van der Waals surface area contributed by atoms with Gasteiger partial charge in [-0.15, -0.1) is 0 Å². The number of carbonyl (C=O) groups is 1. The van der Waals surface area contributed by atoms with Crippen LogP contribution < -0.4 is 10.7 Å². The Morgan fingerprint density at radius 1 is 1.25 bits per heavy atom. The Hall–Kier alpha value is -2.51. The predicted octanol–water partition coefficient (Wildman–Crippen LogP) is 2.64. The number of halogens is 3. The monoisotopic (exact) mass is 338 g/mol. The van der Waals surface area contributed by atoms with Gasteiger partial charge in [0.25, 0.3) is 0 Å². The predicted molar refractivity (Wildman–Crippen MR) is 80.6 cm³/mol. The number of alkyl halides is 2. The van der Waals surface area contributed by atoms with Gasteiger partial charge >= 0.3 is 5.97 Å². The fourth-order valence-electron chi connectivity index (χ4n) is 2.86. The van der Waals surface area contributed by atoms with E-state index in [9.17, 15) is 22.8 Å². The standard InChI is InChI=1S/C16H13F3N2O3/c17-8-1-6-13(4-12(8)20-11-2-9(11)18)21(14-3-10(14)19)5-7(15(6)22)16(23)24/h1,4-5,9-11,14,20H,2-3H2,(H,23,24)/t9?,10-,11?,14+/m0/s1. The normalized spacial score (nSPS) is 28.0. The number of carboxylic acids is 1. The van der Waals surface area contributed by atoms with Crippen LogP contribution in [0.15, 0.2) is 23.1 Å². The number of aromatic carboxylic acids is 1. The van der Waals surface area contributed by atoms with Crippen LogP contribution in [-0.4, -0.2) is 34.0 Å². The number of fused-ring (bicyclic) bond motifs is 1. The highest BCUT2D eigenvalue weighted by Crippen LogP contribution is 2.41. The number of pyridine rings is 1. The lowest BCUT2D eigenvalue weighted by Gasteiger charge is -2.14. The molecule has 2 saturated carbocycles. The zero-order valence-electron chi connectivity index (χ0n) is 12.3. The molecule has 0 radical (unpaired) electrons. The maximum atomic E-state index is 14.2. The minimum Gasteiger partial charge on any atom is -0.477 e. The van der Waals surface area contributed by atoms with Gasteiger partial charge in [-0.1, -0.05) is 0 Å². The van der Waals surface area contributed by atoms with Crippen molar-refractivity contribution in [3.05, 3.63) is 39.9 Å². The average Bonchev–Trinajstić information content (AvgIpc) is 3.41. The van der Waals surface area contributed by atoms with E-state index in [1.165, 1.54) is 10.6 Å². The van der Waals surface area contributed by atoms with Crippen molar-refractivity contribution >= 4 is 22.6 Å². The molecule has 4 rings (SSSR count). The zero-order chi connectivity index (χ0) is 17.2. The van der Waals surface area contributed by atoms with E-state index in [0.717, 1.165) is 12.3 Å². The molecular formula is C16H13F3N2O3. The van der Waals surface area contributed by atoms with Crippen LogP contribution in [0.5, 0.6) is 0 Å². The summed E-state index contributed by atoms with van der Waals surface area (Å²) >= 11 is 0. The number of anilines is 1. The summed E-state index contributed by atoms with van der Waals surface area (Å²) in [6.45, 7) is 0. The van der Waals surface area contributed by atoms with Crippen molar-refractivity contribution in [1.29, 1.82) is 0 Å². The first-order chi connectivity index (χ1) is 11.4. The third-order valence-electron chi connectivity index (χ3n) is 4.44. The van der Waals surface area contributed by atoms with Crippen molar-refractivity contribution in [2.75, 3.05) is 5.32 Å². The number of hydrogen-bond acceptors (Lipinski definition) is 3. The summed E-state index contributed by atoms with van der Waals surface area (Å²) in [5.74, 6) is -2.23. The highest BCUT2D eigenvalue weighted by molar-refractivity contribution is 5.93. The van der Waals surface area contributed by atoms with E-state index in [0.29, 0.717) is 0 Å². The number of hydrogen-bond donors (Lipinski definition) is 2. The van der Waals surface area contributed by atoms with Crippen LogP contribution in [0, 0.1) is 5.82 Å². The van der Waals surface area contributed by atoms with Crippen molar-refractivity contribution in [3.63, 3.8) is 0 Å². The number of nitrogens with one attached hydrogen (secondary N) is 1. The Labute approximate surface area is 133 Å². The second-order valence-electron chi connectivity index (χ2n) is 6.26. The van der Waals surface area contributed by atoms with Crippen LogP contribution in [0.2, 0.25) is 0 Å². The maximum Gasteiger partial charge on any atom is 0.341 e. The molecule has 126 valence electrons. The van der Waals surface area contributed by atoms with Crippen molar-refractivity contribution in [2.45, 2.75) is 37.3 Å². The van der Waals surface area contributed by atoms with Crippen LogP contribution in [0.1, 0.15) is 29.2 Å². The smallest absolute Gasteiger partial charge is 0.341 e. The first kappa shape index (κ1) is 15.0. The number of benzene rings is 1. The minimum absolute atomic E-state index is 0.0138. The van der Waals surface area contributed by atoms with Crippen LogP contribution in [0.4, 0.5) is 18.9 Å². The summed E-state index contributed by atoms with van der Waals surface area (Å²) in [7, 11) is 0. The van der Waals surface area contributed by atoms with Crippen molar-refractivity contribution in [2.24, 2.45) is 0 Å². The van der Waals surface area contributed by atoms with Crippen LogP contribution in [0.25, 0.3) is 10.9 Å². The van der Waals surface area contributed by atoms with E-state index in [1.807, 2.05) is 0 Å². The van der Waals surface area contributed by atoms with Crippen LogP contribution >= 0.6 is 0 Å². The highest BCUT2D eigenvalue weighted by Gasteiger charge is 2.41. The Bertz CT molecular complexity index is 927. The molecule has 1 heterocycles. The molecule has 0 amide bonds. The molecule has 2 fully saturated rings. The fraction of sp³-hybridized carbons (Fsp3) is 0.375. The fourth-order valence-corrected chi connectivity index (χ4v) is 2.86. The lowest BCUT2D eigenvalue weighted by Crippen LogP contribution is -2.19. The van der Waals surface area contributed by atoms with Gasteiger partial charge in [-0.05, 0) is 12.1 Å². The molecule has 0 spiro atoms. The molecule has 0 saturated heterocycles. The molecule has 0 aliphatic heterocycles. The lowest BCUT2D eigenvalue weighted by atomic mass is 10.1. The maximum absolute atomic E-state index is 14.2.